The topological polar surface area (TPSA) is 313 Å². The van der Waals surface area contributed by atoms with Gasteiger partial charge in [-0.2, -0.15) is 0 Å². The molecule has 0 aromatic heterocycles. The van der Waals surface area contributed by atoms with Crippen LogP contribution >= 0.6 is 0 Å². The van der Waals surface area contributed by atoms with Crippen molar-refractivity contribution < 1.29 is 108 Å². The van der Waals surface area contributed by atoms with Crippen LogP contribution in [-0.4, -0.2) is 190 Å². The molecule has 60 heavy (non-hydrogen) atoms. The molecule has 5 saturated heterocycles. The molecule has 22 nitrogen and oxygen atoms in total. The van der Waals surface area contributed by atoms with E-state index in [9.17, 15) is 51.1 Å². The molecule has 9 rings (SSSR count). The summed E-state index contributed by atoms with van der Waals surface area (Å²) in [6.07, 6.45) is -26.5. The van der Waals surface area contributed by atoms with Crippen molar-refractivity contribution in [3.63, 3.8) is 0 Å². The second-order valence-corrected chi connectivity index (χ2v) is 15.7. The fourth-order valence-corrected chi connectivity index (χ4v) is 8.70. The third-order valence-corrected chi connectivity index (χ3v) is 12.1. The van der Waals surface area contributed by atoms with Crippen LogP contribution in [0.5, 0.6) is 28.7 Å². The van der Waals surface area contributed by atoms with Gasteiger partial charge in [0, 0.05) is 23.5 Å². The quantitative estimate of drug-likeness (QED) is 0.103. The number of ether oxygens (including phenoxy) is 12. The van der Waals surface area contributed by atoms with Crippen molar-refractivity contribution in [3.8, 4) is 28.7 Å². The van der Waals surface area contributed by atoms with Crippen molar-refractivity contribution in [2.24, 2.45) is 11.8 Å². The maximum atomic E-state index is 11.6. The summed E-state index contributed by atoms with van der Waals surface area (Å²) in [5, 5.41) is 105. The lowest BCUT2D eigenvalue weighted by Crippen LogP contribution is -2.65. The van der Waals surface area contributed by atoms with E-state index in [4.69, 9.17) is 56.8 Å². The van der Waals surface area contributed by atoms with Crippen LogP contribution in [0.15, 0.2) is 30.3 Å². The second kappa shape index (κ2) is 17.1. The molecular formula is C38H48O22. The maximum Gasteiger partial charge on any atom is 0.231 e. The van der Waals surface area contributed by atoms with E-state index in [1.807, 2.05) is 18.2 Å². The fraction of sp³-hybridized carbons (Fsp3) is 0.684. The third kappa shape index (κ3) is 7.55. The van der Waals surface area contributed by atoms with Crippen LogP contribution in [0.4, 0.5) is 0 Å². The number of hydrogen-bond acceptors (Lipinski definition) is 22. The predicted octanol–water partition coefficient (Wildman–Crippen LogP) is -3.95. The number of fused-ring (bicyclic) bond motifs is 3. The Labute approximate surface area is 340 Å². The first-order valence-corrected chi connectivity index (χ1v) is 19.6. The summed E-state index contributed by atoms with van der Waals surface area (Å²) in [5.41, 5.74) is 1.35. The molecule has 10 N–H and O–H groups in total. The van der Waals surface area contributed by atoms with Gasteiger partial charge in [0.25, 0.3) is 0 Å². The fourth-order valence-electron chi connectivity index (χ4n) is 8.70. The zero-order chi connectivity index (χ0) is 42.0. The number of aliphatic hydroxyl groups is 10. The molecule has 2 aromatic carbocycles. The average Bonchev–Trinajstić information content (AvgIpc) is 4.08. The molecule has 19 unspecified atom stereocenters. The lowest BCUT2D eigenvalue weighted by Gasteiger charge is -2.46. The Morgan fingerprint density at radius 3 is 1.77 bits per heavy atom. The van der Waals surface area contributed by atoms with Crippen molar-refractivity contribution in [2.45, 2.75) is 104 Å². The Kier molecular flexibility index (Phi) is 12.0. The highest BCUT2D eigenvalue weighted by atomic mass is 16.8. The summed E-state index contributed by atoms with van der Waals surface area (Å²) in [4.78, 5) is 0. The molecule has 5 fully saturated rings. The molecule has 0 radical (unpaired) electrons. The van der Waals surface area contributed by atoms with E-state index in [-0.39, 0.29) is 43.0 Å². The minimum atomic E-state index is -1.92. The Morgan fingerprint density at radius 2 is 1.08 bits per heavy atom. The molecule has 7 heterocycles. The van der Waals surface area contributed by atoms with Gasteiger partial charge < -0.3 is 108 Å². The number of aliphatic hydroxyl groups excluding tert-OH is 10. The second-order valence-electron chi connectivity index (χ2n) is 15.7. The Morgan fingerprint density at radius 1 is 0.533 bits per heavy atom. The van der Waals surface area contributed by atoms with Crippen LogP contribution in [-0.2, 0) is 33.2 Å². The highest BCUT2D eigenvalue weighted by Gasteiger charge is 2.54. The molecule has 19 atom stereocenters. The summed E-state index contributed by atoms with van der Waals surface area (Å²) >= 11 is 0. The van der Waals surface area contributed by atoms with Crippen LogP contribution in [0, 0.1) is 11.8 Å². The standard InChI is InChI=1S/C38H48O22/c39-6-22-25(41)28(44)31(47)36(57-22)51-10-24-27(43)30(46)35(60-37-32(48)29(45)26(42)23(7-40)58-37)38(59-24)56-18-5-21-20(54-12-55-21)4-14(18)34-16-9-49-33(15(16)8-50-34)13-1-2-17-19(3-13)53-11-52-17/h1-5,15-16,22-48H,6-12H2. The normalized spacial score (nSPS) is 43.3. The monoisotopic (exact) mass is 856 g/mol. The van der Waals surface area contributed by atoms with Gasteiger partial charge in [0.2, 0.25) is 19.9 Å². The predicted molar refractivity (Wildman–Crippen MR) is 189 cm³/mol. The van der Waals surface area contributed by atoms with Crippen molar-refractivity contribution in [2.75, 3.05) is 46.6 Å². The van der Waals surface area contributed by atoms with Crippen LogP contribution in [0.2, 0.25) is 0 Å². The van der Waals surface area contributed by atoms with E-state index >= 15 is 0 Å². The van der Waals surface area contributed by atoms with Gasteiger partial charge in [-0.05, 0) is 23.8 Å². The molecule has 332 valence electrons. The largest absolute Gasteiger partial charge is 0.461 e. The molecule has 0 spiro atoms. The van der Waals surface area contributed by atoms with Crippen molar-refractivity contribution in [3.05, 3.63) is 41.5 Å². The van der Waals surface area contributed by atoms with Crippen molar-refractivity contribution >= 4 is 0 Å². The van der Waals surface area contributed by atoms with Gasteiger partial charge in [-0.25, -0.2) is 0 Å². The summed E-state index contributed by atoms with van der Waals surface area (Å²) in [6, 6.07) is 8.82. The average molecular weight is 857 g/mol. The lowest BCUT2D eigenvalue weighted by atomic mass is 9.84. The Bertz CT molecular complexity index is 1810. The third-order valence-electron chi connectivity index (χ3n) is 12.1. The lowest BCUT2D eigenvalue weighted by molar-refractivity contribution is -0.363. The van der Waals surface area contributed by atoms with Crippen LogP contribution in [0.3, 0.4) is 0 Å². The van der Waals surface area contributed by atoms with Gasteiger partial charge >= 0.3 is 0 Å². The molecule has 0 aliphatic carbocycles. The van der Waals surface area contributed by atoms with E-state index in [2.05, 4.69) is 0 Å². The van der Waals surface area contributed by atoms with Gasteiger partial charge in [-0.15, -0.1) is 0 Å². The molecule has 22 heteroatoms. The first-order valence-electron chi connectivity index (χ1n) is 19.6. The van der Waals surface area contributed by atoms with Crippen LogP contribution < -0.4 is 23.7 Å². The number of rotatable bonds is 11. The minimum Gasteiger partial charge on any atom is -0.461 e. The zero-order valence-electron chi connectivity index (χ0n) is 31.7. The molecular weight excluding hydrogens is 808 g/mol. The molecule has 7 aliphatic heterocycles. The van der Waals surface area contributed by atoms with Crippen LogP contribution in [0.25, 0.3) is 0 Å². The van der Waals surface area contributed by atoms with Gasteiger partial charge in [-0.1, -0.05) is 6.07 Å². The van der Waals surface area contributed by atoms with Gasteiger partial charge in [0.15, 0.2) is 41.7 Å². The maximum absolute atomic E-state index is 11.6. The molecule has 7 aliphatic rings. The molecule has 0 saturated carbocycles. The SMILES string of the molecule is OCC1OC(OCC2OC(Oc3cc4c(cc3C3OCC5C(c6ccc7c(c6)OCO7)OCC35)OCO4)C(OC3OC(CO)C(O)C(O)C3O)C(O)C2O)C(O)C(O)C1O. The number of benzene rings is 2. The zero-order valence-corrected chi connectivity index (χ0v) is 31.7. The number of hydrogen-bond donors (Lipinski definition) is 10. The van der Waals surface area contributed by atoms with E-state index < -0.39 is 118 Å². The van der Waals surface area contributed by atoms with E-state index in [1.54, 1.807) is 6.07 Å². The summed E-state index contributed by atoms with van der Waals surface area (Å²) in [7, 11) is 0. The molecule has 0 bridgehead atoms. The van der Waals surface area contributed by atoms with E-state index in [0.29, 0.717) is 36.0 Å². The molecule has 0 amide bonds. The minimum absolute atomic E-state index is 0.0982. The highest BCUT2D eigenvalue weighted by molar-refractivity contribution is 5.53. The smallest absolute Gasteiger partial charge is 0.231 e. The summed E-state index contributed by atoms with van der Waals surface area (Å²) in [5.74, 6) is 1.70. The van der Waals surface area contributed by atoms with Gasteiger partial charge in [0.1, 0.15) is 72.9 Å². The van der Waals surface area contributed by atoms with Crippen LogP contribution in [0.1, 0.15) is 23.3 Å². The van der Waals surface area contributed by atoms with E-state index in [0.717, 1.165) is 5.56 Å². The van der Waals surface area contributed by atoms with Gasteiger partial charge in [-0.3, -0.25) is 0 Å². The first-order chi connectivity index (χ1) is 28.9. The highest BCUT2D eigenvalue weighted by Crippen LogP contribution is 2.54. The van der Waals surface area contributed by atoms with E-state index in [1.165, 1.54) is 6.07 Å². The molecule has 2 aromatic rings. The van der Waals surface area contributed by atoms with Gasteiger partial charge in [0.05, 0.1) is 45.2 Å². The Hall–Kier alpha value is -3.24. The van der Waals surface area contributed by atoms with Crippen molar-refractivity contribution in [1.82, 2.24) is 0 Å². The Balaban J connectivity index is 1.00. The summed E-state index contributed by atoms with van der Waals surface area (Å²) < 4.78 is 70.5. The first kappa shape index (κ1) is 42.1. The summed E-state index contributed by atoms with van der Waals surface area (Å²) in [6.45, 7) is -1.52. The van der Waals surface area contributed by atoms with Crippen molar-refractivity contribution in [1.29, 1.82) is 0 Å².